The highest BCUT2D eigenvalue weighted by molar-refractivity contribution is 7.80. The average molecular weight is 247 g/mol. The van der Waals surface area contributed by atoms with Gasteiger partial charge in [0.1, 0.15) is 0 Å². The van der Waals surface area contributed by atoms with Gasteiger partial charge in [0.25, 0.3) is 0 Å². The third-order valence-corrected chi connectivity index (χ3v) is 1.72. The molecule has 0 bridgehead atoms. The van der Waals surface area contributed by atoms with Crippen molar-refractivity contribution in [3.05, 3.63) is 0 Å². The summed E-state index contributed by atoms with van der Waals surface area (Å²) in [7, 11) is 0. The summed E-state index contributed by atoms with van der Waals surface area (Å²) in [5.74, 6) is -1.47. The zero-order valence-electron chi connectivity index (χ0n) is 9.41. The molecule has 7 heteroatoms. The molecule has 2 amide bonds. The molecule has 0 spiro atoms. The highest BCUT2D eigenvalue weighted by Crippen LogP contribution is 1.84. The van der Waals surface area contributed by atoms with Crippen molar-refractivity contribution in [1.29, 1.82) is 0 Å². The van der Waals surface area contributed by atoms with E-state index in [1.54, 1.807) is 6.92 Å². The molecule has 6 nitrogen and oxygen atoms in total. The van der Waals surface area contributed by atoms with Crippen LogP contribution in [0.5, 0.6) is 0 Å². The lowest BCUT2D eigenvalue weighted by Crippen LogP contribution is -2.46. The van der Waals surface area contributed by atoms with E-state index in [1.807, 2.05) is 6.92 Å². The summed E-state index contributed by atoms with van der Waals surface area (Å²) in [6, 6.07) is -0.219. The Morgan fingerprint density at radius 3 is 2.56 bits per heavy atom. The van der Waals surface area contributed by atoms with Gasteiger partial charge in [-0.05, 0) is 13.8 Å². The van der Waals surface area contributed by atoms with E-state index >= 15 is 0 Å². The molecule has 0 aliphatic carbocycles. The normalized spacial score (nSPS) is 11.6. The third-order valence-electron chi connectivity index (χ3n) is 1.58. The van der Waals surface area contributed by atoms with Crippen molar-refractivity contribution in [3.63, 3.8) is 0 Å². The standard InChI is InChI=1S/C9H17N3O3S/c1-3-15-5-6(2)12-9(14)8(13)11-4-7(10)16/h6H,3-5H2,1-2H3,(H2,10,16)(H,11,13)(H,12,14). The van der Waals surface area contributed by atoms with Crippen LogP contribution in [0.4, 0.5) is 0 Å². The maximum atomic E-state index is 11.3. The monoisotopic (exact) mass is 247 g/mol. The molecule has 0 heterocycles. The van der Waals surface area contributed by atoms with Crippen molar-refractivity contribution in [2.75, 3.05) is 19.8 Å². The van der Waals surface area contributed by atoms with E-state index in [-0.39, 0.29) is 17.6 Å². The van der Waals surface area contributed by atoms with Crippen molar-refractivity contribution in [2.24, 2.45) is 5.73 Å². The van der Waals surface area contributed by atoms with Gasteiger partial charge in [-0.2, -0.15) is 0 Å². The fourth-order valence-electron chi connectivity index (χ4n) is 0.873. The van der Waals surface area contributed by atoms with Crippen molar-refractivity contribution < 1.29 is 14.3 Å². The Morgan fingerprint density at radius 2 is 2.06 bits per heavy atom. The van der Waals surface area contributed by atoms with Gasteiger partial charge >= 0.3 is 11.8 Å². The van der Waals surface area contributed by atoms with E-state index in [0.29, 0.717) is 13.2 Å². The highest BCUT2D eigenvalue weighted by atomic mass is 32.1. The van der Waals surface area contributed by atoms with E-state index in [4.69, 9.17) is 10.5 Å². The van der Waals surface area contributed by atoms with Gasteiger partial charge in [-0.15, -0.1) is 0 Å². The predicted octanol–water partition coefficient (Wildman–Crippen LogP) is -1.07. The molecule has 0 aromatic heterocycles. The smallest absolute Gasteiger partial charge is 0.309 e. The summed E-state index contributed by atoms with van der Waals surface area (Å²) < 4.78 is 5.09. The van der Waals surface area contributed by atoms with Crippen LogP contribution in [-0.2, 0) is 14.3 Å². The first-order chi connectivity index (χ1) is 7.47. The van der Waals surface area contributed by atoms with Crippen LogP contribution in [0.25, 0.3) is 0 Å². The Kier molecular flexibility index (Phi) is 7.40. The number of thiocarbonyl (C=S) groups is 1. The second-order valence-corrected chi connectivity index (χ2v) is 3.71. The number of ether oxygens (including phenoxy) is 1. The molecule has 4 N–H and O–H groups in total. The van der Waals surface area contributed by atoms with Crippen LogP contribution in [-0.4, -0.2) is 42.6 Å². The van der Waals surface area contributed by atoms with Gasteiger partial charge in [-0.1, -0.05) is 12.2 Å². The third kappa shape index (κ3) is 7.13. The molecule has 1 unspecified atom stereocenters. The minimum atomic E-state index is -0.754. The molecule has 1 atom stereocenters. The van der Waals surface area contributed by atoms with Crippen molar-refractivity contribution in [2.45, 2.75) is 19.9 Å². The molecule has 92 valence electrons. The van der Waals surface area contributed by atoms with Crippen LogP contribution in [0, 0.1) is 0 Å². The Balaban J connectivity index is 3.86. The second kappa shape index (κ2) is 8.00. The number of hydrogen-bond acceptors (Lipinski definition) is 4. The van der Waals surface area contributed by atoms with E-state index in [9.17, 15) is 9.59 Å². The number of amides is 2. The van der Waals surface area contributed by atoms with Crippen LogP contribution in [0.2, 0.25) is 0 Å². The molecular formula is C9H17N3O3S. The van der Waals surface area contributed by atoms with Crippen LogP contribution >= 0.6 is 12.2 Å². The quantitative estimate of drug-likeness (QED) is 0.410. The molecule has 16 heavy (non-hydrogen) atoms. The van der Waals surface area contributed by atoms with Gasteiger partial charge in [-0.25, -0.2) is 0 Å². The van der Waals surface area contributed by atoms with Crippen molar-refractivity contribution in [1.82, 2.24) is 10.6 Å². The van der Waals surface area contributed by atoms with Crippen LogP contribution in [0.3, 0.4) is 0 Å². The molecule has 0 fully saturated rings. The minimum absolute atomic E-state index is 0.0153. The van der Waals surface area contributed by atoms with Gasteiger partial charge in [0.15, 0.2) is 0 Å². The van der Waals surface area contributed by atoms with Crippen LogP contribution in [0.15, 0.2) is 0 Å². The number of nitrogens with one attached hydrogen (secondary N) is 2. The van der Waals surface area contributed by atoms with Crippen molar-refractivity contribution >= 4 is 29.0 Å². The first-order valence-electron chi connectivity index (χ1n) is 4.92. The number of nitrogens with two attached hydrogens (primary N) is 1. The maximum absolute atomic E-state index is 11.3. The van der Waals surface area contributed by atoms with E-state index in [1.165, 1.54) is 0 Å². The summed E-state index contributed by atoms with van der Waals surface area (Å²) in [6.45, 7) is 4.54. The van der Waals surface area contributed by atoms with Gasteiger partial charge in [0, 0.05) is 12.6 Å². The maximum Gasteiger partial charge on any atom is 0.309 e. The zero-order valence-corrected chi connectivity index (χ0v) is 10.2. The van der Waals surface area contributed by atoms with Gasteiger partial charge in [0.05, 0.1) is 18.1 Å². The summed E-state index contributed by atoms with van der Waals surface area (Å²) in [5.41, 5.74) is 5.17. The van der Waals surface area contributed by atoms with E-state index < -0.39 is 11.8 Å². The van der Waals surface area contributed by atoms with Gasteiger partial charge < -0.3 is 21.1 Å². The van der Waals surface area contributed by atoms with E-state index in [0.717, 1.165) is 0 Å². The SMILES string of the molecule is CCOCC(C)NC(=O)C(=O)NCC(N)=S. The zero-order chi connectivity index (χ0) is 12.6. The van der Waals surface area contributed by atoms with Gasteiger partial charge in [0.2, 0.25) is 0 Å². The van der Waals surface area contributed by atoms with Crippen LogP contribution < -0.4 is 16.4 Å². The van der Waals surface area contributed by atoms with Crippen molar-refractivity contribution in [3.8, 4) is 0 Å². The fraction of sp³-hybridized carbons (Fsp3) is 0.667. The molecule has 0 aromatic rings. The molecule has 0 aromatic carbocycles. The molecule has 0 radical (unpaired) electrons. The lowest BCUT2D eigenvalue weighted by Gasteiger charge is -2.13. The minimum Gasteiger partial charge on any atom is -0.392 e. The first-order valence-corrected chi connectivity index (χ1v) is 5.33. The number of carbonyl (C=O) groups is 2. The lowest BCUT2D eigenvalue weighted by atomic mass is 10.3. The molecular weight excluding hydrogens is 230 g/mol. The average Bonchev–Trinajstić information content (AvgIpc) is 2.22. The summed E-state index contributed by atoms with van der Waals surface area (Å²) >= 11 is 4.56. The number of hydrogen-bond donors (Lipinski definition) is 3. The number of carbonyl (C=O) groups excluding carboxylic acids is 2. The molecule has 0 rings (SSSR count). The van der Waals surface area contributed by atoms with E-state index in [2.05, 4.69) is 22.9 Å². The largest absolute Gasteiger partial charge is 0.392 e. The lowest BCUT2D eigenvalue weighted by molar-refractivity contribution is -0.139. The molecule has 0 saturated carbocycles. The Hall–Kier alpha value is -1.21. The van der Waals surface area contributed by atoms with Gasteiger partial charge in [-0.3, -0.25) is 9.59 Å². The molecule has 0 saturated heterocycles. The number of rotatable bonds is 6. The Morgan fingerprint density at radius 1 is 1.44 bits per heavy atom. The first kappa shape index (κ1) is 14.8. The topological polar surface area (TPSA) is 93.4 Å². The predicted molar refractivity (Wildman–Crippen MR) is 63.9 cm³/mol. The molecule has 0 aliphatic rings. The Labute approximate surface area is 99.9 Å². The fourth-order valence-corrected chi connectivity index (χ4v) is 0.945. The van der Waals surface area contributed by atoms with Crippen LogP contribution in [0.1, 0.15) is 13.8 Å². The summed E-state index contributed by atoms with van der Waals surface area (Å²) in [4.78, 5) is 22.6. The Bertz CT molecular complexity index is 271. The molecule has 0 aliphatic heterocycles. The second-order valence-electron chi connectivity index (χ2n) is 3.18. The summed E-state index contributed by atoms with van der Waals surface area (Å²) in [6.07, 6.45) is 0. The summed E-state index contributed by atoms with van der Waals surface area (Å²) in [5, 5.41) is 4.76. The highest BCUT2D eigenvalue weighted by Gasteiger charge is 2.15.